The molecule has 2 aliphatic heterocycles. The fourth-order valence-electron chi connectivity index (χ4n) is 3.27. The van der Waals surface area contributed by atoms with E-state index in [1.165, 1.54) is 31.5 Å². The lowest BCUT2D eigenvalue weighted by atomic mass is 10.1. The molecule has 160 valence electrons. The Balaban J connectivity index is 1.41. The van der Waals surface area contributed by atoms with Gasteiger partial charge in [-0.05, 0) is 24.3 Å². The summed E-state index contributed by atoms with van der Waals surface area (Å²) in [4.78, 5) is 8.53. The van der Waals surface area contributed by atoms with Crippen LogP contribution in [-0.2, 0) is 6.54 Å². The van der Waals surface area contributed by atoms with Gasteiger partial charge >= 0.3 is 0 Å². The van der Waals surface area contributed by atoms with Crippen molar-refractivity contribution in [2.75, 3.05) is 7.11 Å². The summed E-state index contributed by atoms with van der Waals surface area (Å²) in [5, 5.41) is 18.4. The van der Waals surface area contributed by atoms with E-state index in [0.29, 0.717) is 34.2 Å². The van der Waals surface area contributed by atoms with Gasteiger partial charge in [0.2, 0.25) is 0 Å². The largest absolute Gasteiger partial charge is 0.507 e. The number of nitrogens with zero attached hydrogens (tertiary/aromatic N) is 5. The quantitative estimate of drug-likeness (QED) is 0.443. The minimum Gasteiger partial charge on any atom is -0.507 e. The Morgan fingerprint density at radius 3 is 2.69 bits per heavy atom. The maximum Gasteiger partial charge on any atom is 0.169 e. The Morgan fingerprint density at radius 2 is 1.88 bits per heavy atom. The van der Waals surface area contributed by atoms with Crippen LogP contribution in [0.2, 0.25) is 0 Å². The van der Waals surface area contributed by atoms with Gasteiger partial charge in [0, 0.05) is 17.7 Å². The van der Waals surface area contributed by atoms with E-state index in [0.717, 1.165) is 6.07 Å². The van der Waals surface area contributed by atoms with Gasteiger partial charge in [0.25, 0.3) is 0 Å². The molecule has 32 heavy (non-hydrogen) atoms. The number of ether oxygens (including phenoxy) is 1. The molecule has 10 heteroatoms. The number of phenolic OH excluding ortho intramolecular Hbond substituents is 1. The van der Waals surface area contributed by atoms with Crippen molar-refractivity contribution in [2.45, 2.75) is 6.54 Å². The van der Waals surface area contributed by atoms with Crippen molar-refractivity contribution >= 4 is 0 Å². The number of hydrogen-bond donors (Lipinski definition) is 1. The van der Waals surface area contributed by atoms with Gasteiger partial charge in [0.15, 0.2) is 23.2 Å². The molecule has 0 radical (unpaired) electrons. The van der Waals surface area contributed by atoms with Crippen LogP contribution in [-0.4, -0.2) is 37.1 Å². The summed E-state index contributed by atoms with van der Waals surface area (Å²) in [5.41, 5.74) is 1.84. The Hall–Kier alpha value is -4.34. The zero-order valence-electron chi connectivity index (χ0n) is 16.7. The molecule has 0 spiro atoms. The summed E-state index contributed by atoms with van der Waals surface area (Å²) < 4.78 is 39.6. The van der Waals surface area contributed by atoms with Crippen LogP contribution < -0.4 is 4.74 Å². The van der Waals surface area contributed by atoms with Crippen LogP contribution >= 0.6 is 0 Å². The number of phenols is 1. The Labute approximate surface area is 180 Å². The van der Waals surface area contributed by atoms with E-state index in [1.807, 2.05) is 0 Å². The second-order valence-corrected chi connectivity index (χ2v) is 6.95. The highest BCUT2D eigenvalue weighted by atomic mass is 19.2. The van der Waals surface area contributed by atoms with E-state index in [9.17, 15) is 13.9 Å². The van der Waals surface area contributed by atoms with Gasteiger partial charge in [-0.25, -0.2) is 18.7 Å². The highest BCUT2D eigenvalue weighted by molar-refractivity contribution is 5.68. The second-order valence-electron chi connectivity index (χ2n) is 6.95. The molecule has 5 rings (SSSR count). The normalized spacial score (nSPS) is 11.2. The smallest absolute Gasteiger partial charge is 0.169 e. The lowest BCUT2D eigenvalue weighted by molar-refractivity contribution is 0.371. The number of aromatic hydroxyl groups is 1. The third-order valence-electron chi connectivity index (χ3n) is 4.86. The summed E-state index contributed by atoms with van der Waals surface area (Å²) in [6.45, 7) is 0.233. The molecule has 0 atom stereocenters. The molecule has 0 bridgehead atoms. The van der Waals surface area contributed by atoms with Crippen LogP contribution in [0.3, 0.4) is 0 Å². The molecule has 0 unspecified atom stereocenters. The topological polar surface area (TPSA) is 99.1 Å². The summed E-state index contributed by atoms with van der Waals surface area (Å²) in [6.07, 6.45) is 3.10. The maximum absolute atomic E-state index is 14.1. The second kappa shape index (κ2) is 7.73. The van der Waals surface area contributed by atoms with E-state index in [-0.39, 0.29) is 23.7 Å². The molecule has 1 aromatic heterocycles. The molecule has 1 N–H and O–H groups in total. The van der Waals surface area contributed by atoms with Gasteiger partial charge in [-0.3, -0.25) is 4.68 Å². The fraction of sp³-hybridized carbons (Fsp3) is 0.0909. The van der Waals surface area contributed by atoms with Crippen molar-refractivity contribution in [2.24, 2.45) is 0 Å². The number of halogens is 2. The average Bonchev–Trinajstić information content (AvgIpc) is 3.42. The van der Waals surface area contributed by atoms with Crippen molar-refractivity contribution < 1.29 is 23.1 Å². The maximum atomic E-state index is 14.1. The number of hydrogen-bond acceptors (Lipinski definition) is 7. The van der Waals surface area contributed by atoms with E-state index >= 15 is 0 Å². The van der Waals surface area contributed by atoms with E-state index in [4.69, 9.17) is 9.26 Å². The minimum absolute atomic E-state index is 0.0144. The first-order valence-electron chi connectivity index (χ1n) is 9.49. The van der Waals surface area contributed by atoms with Gasteiger partial charge in [-0.1, -0.05) is 11.2 Å². The number of benzene rings is 2. The Morgan fingerprint density at radius 1 is 1.03 bits per heavy atom. The number of methoxy groups -OCH3 is 1. The average molecular weight is 435 g/mol. The van der Waals surface area contributed by atoms with Gasteiger partial charge in [0.1, 0.15) is 35.1 Å². The van der Waals surface area contributed by atoms with Gasteiger partial charge in [-0.2, -0.15) is 5.10 Å². The molecule has 2 aliphatic rings. The number of rotatable bonds is 5. The number of imidazole rings is 1. The number of fused-ring (bicyclic) bond motifs is 1. The summed E-state index contributed by atoms with van der Waals surface area (Å²) >= 11 is 0. The van der Waals surface area contributed by atoms with Crippen molar-refractivity contribution in [3.05, 3.63) is 72.3 Å². The van der Waals surface area contributed by atoms with E-state index in [1.54, 1.807) is 29.1 Å². The molecule has 0 aliphatic carbocycles. The standard InChI is InChI=1S/C22H15F2N5O3/c1-31-12-5-6-14(20(30)8-12)17-7-13(32-28-17)10-29-11-19-18(9-25-29)26-22(27-19)15-3-2-4-16(23)21(15)24/h2-9,11,30H,10H2,1H3. The zero-order valence-corrected chi connectivity index (χ0v) is 16.7. The molecule has 8 nitrogen and oxygen atoms in total. The van der Waals surface area contributed by atoms with Crippen molar-refractivity contribution in [1.29, 1.82) is 0 Å². The summed E-state index contributed by atoms with van der Waals surface area (Å²) in [5.74, 6) is -0.860. The summed E-state index contributed by atoms with van der Waals surface area (Å²) in [7, 11) is 1.51. The summed E-state index contributed by atoms with van der Waals surface area (Å²) in [6, 6.07) is 10.4. The van der Waals surface area contributed by atoms with Crippen LogP contribution in [0.1, 0.15) is 5.76 Å². The minimum atomic E-state index is -1.00. The first-order chi connectivity index (χ1) is 15.5. The molecular formula is C22H15F2N5O3. The lowest BCUT2D eigenvalue weighted by Gasteiger charge is -2.04. The van der Waals surface area contributed by atoms with Crippen LogP contribution in [0.5, 0.6) is 11.5 Å². The van der Waals surface area contributed by atoms with E-state index in [2.05, 4.69) is 20.2 Å². The highest BCUT2D eigenvalue weighted by Gasteiger charge is 2.18. The van der Waals surface area contributed by atoms with Crippen LogP contribution in [0.4, 0.5) is 8.78 Å². The van der Waals surface area contributed by atoms with Crippen LogP contribution in [0.15, 0.2) is 59.4 Å². The number of aromatic nitrogens is 5. The molecule has 0 saturated carbocycles. The molecule has 2 aromatic carbocycles. The third kappa shape index (κ3) is 3.51. The lowest BCUT2D eigenvalue weighted by Crippen LogP contribution is -2.04. The van der Waals surface area contributed by atoms with E-state index < -0.39 is 11.6 Å². The Kier molecular flexibility index (Phi) is 4.74. The monoisotopic (exact) mass is 435 g/mol. The van der Waals surface area contributed by atoms with Gasteiger partial charge in [0.05, 0.1) is 25.1 Å². The van der Waals surface area contributed by atoms with Gasteiger partial charge in [-0.15, -0.1) is 0 Å². The van der Waals surface area contributed by atoms with Gasteiger partial charge < -0.3 is 14.4 Å². The molecule has 0 amide bonds. The SMILES string of the molecule is COc1ccc(-c2cc(Cn3cc4nc(-c5cccc(F)c5F)nc-4cn3)on2)c(O)c1. The highest BCUT2D eigenvalue weighted by Crippen LogP contribution is 2.32. The molecular weight excluding hydrogens is 420 g/mol. The fourth-order valence-corrected chi connectivity index (χ4v) is 3.27. The predicted molar refractivity (Wildman–Crippen MR) is 109 cm³/mol. The molecule has 3 heterocycles. The van der Waals surface area contributed by atoms with Crippen LogP contribution in [0.25, 0.3) is 34.0 Å². The molecule has 3 aromatic rings. The van der Waals surface area contributed by atoms with Crippen LogP contribution in [0, 0.1) is 11.6 Å². The molecule has 0 fully saturated rings. The van der Waals surface area contributed by atoms with Crippen molar-refractivity contribution in [1.82, 2.24) is 24.9 Å². The first-order valence-corrected chi connectivity index (χ1v) is 9.49. The first kappa shape index (κ1) is 19.6. The zero-order chi connectivity index (χ0) is 22.2. The molecule has 0 saturated heterocycles. The third-order valence-corrected chi connectivity index (χ3v) is 4.86. The van der Waals surface area contributed by atoms with Crippen molar-refractivity contribution in [3.8, 4) is 45.5 Å². The Bertz CT molecular complexity index is 1400. The predicted octanol–water partition coefficient (Wildman–Crippen LogP) is 4.14. The van der Waals surface area contributed by atoms with Crippen molar-refractivity contribution in [3.63, 3.8) is 0 Å².